The highest BCUT2D eigenvalue weighted by molar-refractivity contribution is 7.09. The second-order valence-corrected chi connectivity index (χ2v) is 14.3. The number of amides is 5. The number of nitrogens with one attached hydrogen (secondary N) is 5. The van der Waals surface area contributed by atoms with Gasteiger partial charge in [0.15, 0.2) is 0 Å². The maximum absolute atomic E-state index is 14.2. The molecule has 3 aromatic rings. The maximum Gasteiger partial charge on any atom is 0.326 e. The first-order chi connectivity index (χ1) is 24.6. The van der Waals surface area contributed by atoms with E-state index in [1.807, 2.05) is 47.8 Å². The van der Waals surface area contributed by atoms with Crippen molar-refractivity contribution < 1.29 is 33.9 Å². The number of hydrogen-bond acceptors (Lipinski definition) is 7. The van der Waals surface area contributed by atoms with Crippen LogP contribution in [-0.4, -0.2) is 64.8 Å². The van der Waals surface area contributed by atoms with Crippen molar-refractivity contribution in [1.82, 2.24) is 21.3 Å². The Hall–Kier alpha value is -5.04. The van der Waals surface area contributed by atoms with Gasteiger partial charge in [0.05, 0.1) is 0 Å². The van der Waals surface area contributed by atoms with E-state index in [0.29, 0.717) is 17.7 Å². The molecule has 0 radical (unpaired) electrons. The zero-order valence-corrected chi connectivity index (χ0v) is 29.2. The first-order valence-electron chi connectivity index (χ1n) is 17.5. The van der Waals surface area contributed by atoms with Crippen molar-refractivity contribution in [1.29, 1.82) is 0 Å². The first-order valence-corrected chi connectivity index (χ1v) is 18.4. The lowest BCUT2D eigenvalue weighted by Crippen LogP contribution is -2.59. The van der Waals surface area contributed by atoms with Gasteiger partial charge >= 0.3 is 5.97 Å². The molecule has 13 heteroatoms. The van der Waals surface area contributed by atoms with Crippen molar-refractivity contribution in [3.63, 3.8) is 0 Å². The van der Waals surface area contributed by atoms with E-state index in [1.165, 1.54) is 11.3 Å². The van der Waals surface area contributed by atoms with Crippen LogP contribution in [0.4, 0.5) is 5.69 Å². The molecular formula is C38H45N5O7S. The van der Waals surface area contributed by atoms with Crippen molar-refractivity contribution in [2.45, 2.75) is 94.8 Å². The van der Waals surface area contributed by atoms with Gasteiger partial charge in [0.1, 0.15) is 24.2 Å². The van der Waals surface area contributed by atoms with Crippen molar-refractivity contribution in [2.75, 3.05) is 5.32 Å². The summed E-state index contributed by atoms with van der Waals surface area (Å²) in [4.78, 5) is 81.0. The van der Waals surface area contributed by atoms with Gasteiger partial charge in [-0.1, -0.05) is 80.6 Å². The van der Waals surface area contributed by atoms with Crippen molar-refractivity contribution in [2.24, 2.45) is 5.92 Å². The fourth-order valence-electron chi connectivity index (χ4n) is 6.58. The highest BCUT2D eigenvalue weighted by atomic mass is 32.1. The Bertz CT molecular complexity index is 1660. The number of rotatable bonds is 7. The van der Waals surface area contributed by atoms with E-state index >= 15 is 0 Å². The van der Waals surface area contributed by atoms with Crippen molar-refractivity contribution in [3.8, 4) is 0 Å². The van der Waals surface area contributed by atoms with E-state index in [-0.39, 0.29) is 38.0 Å². The molecule has 51 heavy (non-hydrogen) atoms. The van der Waals surface area contributed by atoms with Crippen LogP contribution < -0.4 is 26.6 Å². The van der Waals surface area contributed by atoms with Gasteiger partial charge in [-0.25, -0.2) is 4.79 Å². The van der Waals surface area contributed by atoms with Crippen LogP contribution in [0.15, 0.2) is 72.1 Å². The third kappa shape index (κ3) is 11.5. The first kappa shape index (κ1) is 37.2. The molecule has 270 valence electrons. The van der Waals surface area contributed by atoms with Gasteiger partial charge in [0.2, 0.25) is 29.5 Å². The SMILES string of the molecule is O=C1CCC(=O)NC(Cc2cccs2)C(=O)NC(CC2CCCCC2)C(=O)NC(Cc2ccccc2)C(=O)NC(C(=O)O)Cc2ccc(cc2)N1. The molecule has 1 aliphatic carbocycles. The average Bonchev–Trinajstić information content (AvgIpc) is 3.64. The smallest absolute Gasteiger partial charge is 0.326 e. The number of thiophene rings is 1. The topological polar surface area (TPSA) is 183 Å². The fraction of sp³-hybridized carbons (Fsp3) is 0.421. The van der Waals surface area contributed by atoms with Crippen LogP contribution in [0.1, 0.15) is 67.4 Å². The minimum atomic E-state index is -1.31. The number of fused-ring (bicyclic) bond motifs is 18. The van der Waals surface area contributed by atoms with Crippen LogP contribution in [0, 0.1) is 5.92 Å². The van der Waals surface area contributed by atoms with Gasteiger partial charge in [-0.15, -0.1) is 11.3 Å². The molecule has 3 heterocycles. The molecule has 0 saturated heterocycles. The summed E-state index contributed by atoms with van der Waals surface area (Å²) in [7, 11) is 0. The quantitative estimate of drug-likeness (QED) is 0.202. The molecule has 1 aromatic heterocycles. The highest BCUT2D eigenvalue weighted by Gasteiger charge is 2.33. The molecular weight excluding hydrogens is 671 g/mol. The fourth-order valence-corrected chi connectivity index (χ4v) is 7.33. The molecule has 1 saturated carbocycles. The Morgan fingerprint density at radius 3 is 2.02 bits per heavy atom. The van der Waals surface area contributed by atoms with E-state index < -0.39 is 59.7 Å². The third-order valence-electron chi connectivity index (χ3n) is 9.35. The molecule has 2 aromatic carbocycles. The molecule has 6 N–H and O–H groups in total. The van der Waals surface area contributed by atoms with E-state index in [0.717, 1.165) is 42.5 Å². The molecule has 2 aliphatic heterocycles. The summed E-state index contributed by atoms with van der Waals surface area (Å²) in [6.07, 6.45) is 5.16. The van der Waals surface area contributed by atoms with Crippen LogP contribution in [-0.2, 0) is 48.0 Å². The van der Waals surface area contributed by atoms with Gasteiger partial charge in [-0.3, -0.25) is 24.0 Å². The standard InChI is InChI=1S/C38H45N5O7S/c44-33-17-18-34(45)40-31(23-28-12-7-19-51-28)37(48)42-29(20-24-8-3-1-4-9-24)35(46)41-30(21-25-10-5-2-6-11-25)36(47)43-32(38(49)50)22-26-13-15-27(39-33)16-14-26/h2,5-7,10-16,19,24,29-32H,1,3-4,8-9,17-18,20-23H2,(H,39,44)(H,40,45)(H,41,46)(H,42,48)(H,43,47)(H,49,50). The minimum Gasteiger partial charge on any atom is -0.480 e. The van der Waals surface area contributed by atoms with Gasteiger partial charge in [0.25, 0.3) is 0 Å². The number of carboxylic acids is 1. The molecule has 1 fully saturated rings. The Morgan fingerprint density at radius 2 is 1.33 bits per heavy atom. The Morgan fingerprint density at radius 1 is 0.686 bits per heavy atom. The number of anilines is 1. The summed E-state index contributed by atoms with van der Waals surface area (Å²) >= 11 is 1.43. The number of aliphatic carboxylic acids is 1. The van der Waals surface area contributed by atoms with E-state index in [2.05, 4.69) is 26.6 Å². The normalized spacial score (nSPS) is 23.2. The summed E-state index contributed by atoms with van der Waals surface area (Å²) in [5.74, 6) is -3.80. The van der Waals surface area contributed by atoms with Crippen LogP contribution in [0.5, 0.6) is 0 Å². The molecule has 6 rings (SSSR count). The minimum absolute atomic E-state index is 0.0481. The Balaban J connectivity index is 1.47. The van der Waals surface area contributed by atoms with E-state index in [9.17, 15) is 33.9 Å². The van der Waals surface area contributed by atoms with Gasteiger partial charge in [0, 0.05) is 42.7 Å². The summed E-state index contributed by atoms with van der Waals surface area (Å²) in [6.45, 7) is 0. The third-order valence-corrected chi connectivity index (χ3v) is 10.2. The molecule has 4 unspecified atom stereocenters. The molecule has 0 spiro atoms. The lowest BCUT2D eigenvalue weighted by atomic mass is 9.84. The van der Waals surface area contributed by atoms with Crippen LogP contribution in [0.2, 0.25) is 0 Å². The van der Waals surface area contributed by atoms with Crippen molar-refractivity contribution in [3.05, 3.63) is 88.1 Å². The molecule has 2 bridgehead atoms. The molecule has 12 nitrogen and oxygen atoms in total. The number of hydrogen-bond donors (Lipinski definition) is 6. The van der Waals surface area contributed by atoms with Gasteiger partial charge in [-0.2, -0.15) is 0 Å². The second kappa shape index (κ2) is 18.3. The van der Waals surface area contributed by atoms with Crippen LogP contribution in [0.3, 0.4) is 0 Å². The zero-order chi connectivity index (χ0) is 36.2. The Kier molecular flexibility index (Phi) is 13.3. The van der Waals surface area contributed by atoms with Crippen LogP contribution >= 0.6 is 11.3 Å². The van der Waals surface area contributed by atoms with Gasteiger partial charge < -0.3 is 31.7 Å². The maximum atomic E-state index is 14.2. The highest BCUT2D eigenvalue weighted by Crippen LogP contribution is 2.28. The summed E-state index contributed by atoms with van der Waals surface area (Å²) < 4.78 is 0. The average molecular weight is 716 g/mol. The summed E-state index contributed by atoms with van der Waals surface area (Å²) in [5, 5.41) is 25.8. The lowest BCUT2D eigenvalue weighted by molar-refractivity contribution is -0.142. The van der Waals surface area contributed by atoms with E-state index in [4.69, 9.17) is 0 Å². The molecule has 3 aliphatic rings. The zero-order valence-electron chi connectivity index (χ0n) is 28.4. The number of benzene rings is 2. The van der Waals surface area contributed by atoms with Crippen LogP contribution in [0.25, 0.3) is 0 Å². The predicted octanol–water partition coefficient (Wildman–Crippen LogP) is 3.50. The number of carbonyl (C=O) groups excluding carboxylic acids is 5. The number of carbonyl (C=O) groups is 6. The monoisotopic (exact) mass is 715 g/mol. The van der Waals surface area contributed by atoms with E-state index in [1.54, 1.807) is 24.3 Å². The molecule has 4 atom stereocenters. The van der Waals surface area contributed by atoms with Crippen molar-refractivity contribution >= 4 is 52.5 Å². The summed E-state index contributed by atoms with van der Waals surface area (Å²) in [5.41, 5.74) is 1.80. The lowest BCUT2D eigenvalue weighted by Gasteiger charge is -2.29. The second-order valence-electron chi connectivity index (χ2n) is 13.3. The summed E-state index contributed by atoms with van der Waals surface area (Å²) in [6, 6.07) is 14.8. The van der Waals surface area contributed by atoms with Gasteiger partial charge in [-0.05, 0) is 47.0 Å². The Labute approximate surface area is 301 Å². The number of carboxylic acid groups (broad SMARTS) is 1. The largest absolute Gasteiger partial charge is 0.480 e. The molecule has 5 amide bonds. The predicted molar refractivity (Wildman–Crippen MR) is 193 cm³/mol.